The van der Waals surface area contributed by atoms with Crippen molar-refractivity contribution in [3.63, 3.8) is 0 Å². The lowest BCUT2D eigenvalue weighted by Gasteiger charge is -2.23. The molecule has 0 amide bonds. The third kappa shape index (κ3) is 9.68. The number of hydrogen-bond donors (Lipinski definition) is 1. The first-order valence-electron chi connectivity index (χ1n) is 10.4. The minimum Gasteiger partial charge on any atom is -0.507 e. The quantitative estimate of drug-likeness (QED) is 0.313. The van der Waals surface area contributed by atoms with E-state index in [-0.39, 0.29) is 4.75 Å². The zero-order valence-corrected chi connectivity index (χ0v) is 20.1. The monoisotopic (exact) mass is 400 g/mol. The molecule has 0 aliphatic carbocycles. The molecule has 0 aliphatic rings. The molecule has 28 heavy (non-hydrogen) atoms. The van der Waals surface area contributed by atoms with Gasteiger partial charge < -0.3 is 5.11 Å². The van der Waals surface area contributed by atoms with Crippen LogP contribution in [0.1, 0.15) is 84.8 Å². The van der Waals surface area contributed by atoms with E-state index in [1.807, 2.05) is 25.6 Å². The van der Waals surface area contributed by atoms with Crippen LogP contribution in [0.25, 0.3) is 0 Å². The second-order valence-corrected chi connectivity index (χ2v) is 10.7. The molecule has 156 valence electrons. The lowest BCUT2D eigenvalue weighted by molar-refractivity contribution is 0.466. The summed E-state index contributed by atoms with van der Waals surface area (Å²) in [6.45, 7) is 17.4. The van der Waals surface area contributed by atoms with Gasteiger partial charge in [-0.15, -0.1) is 11.8 Å². The van der Waals surface area contributed by atoms with Gasteiger partial charge in [-0.3, -0.25) is 0 Å². The van der Waals surface area contributed by atoms with Gasteiger partial charge in [0.2, 0.25) is 0 Å². The number of aryl methyl sites for hydroxylation is 2. The van der Waals surface area contributed by atoms with Crippen molar-refractivity contribution in [2.45, 2.75) is 97.1 Å². The van der Waals surface area contributed by atoms with E-state index in [4.69, 9.17) is 0 Å². The third-order valence-electron chi connectivity index (χ3n) is 4.92. The van der Waals surface area contributed by atoms with Crippen molar-refractivity contribution in [2.24, 2.45) is 0 Å². The van der Waals surface area contributed by atoms with Crippen LogP contribution in [-0.2, 0) is 0 Å². The molecule has 1 aromatic carbocycles. The molecule has 0 saturated heterocycles. The summed E-state index contributed by atoms with van der Waals surface area (Å²) in [7, 11) is 0. The lowest BCUT2D eigenvalue weighted by atomic mass is 10.0. The van der Waals surface area contributed by atoms with Crippen molar-refractivity contribution in [2.75, 3.05) is 0 Å². The summed E-state index contributed by atoms with van der Waals surface area (Å²) >= 11 is 1.89. The van der Waals surface area contributed by atoms with Crippen molar-refractivity contribution in [1.82, 2.24) is 0 Å². The van der Waals surface area contributed by atoms with Crippen LogP contribution in [0.15, 0.2) is 52.0 Å². The highest BCUT2D eigenvalue weighted by Gasteiger charge is 2.19. The van der Waals surface area contributed by atoms with Gasteiger partial charge in [0.05, 0.1) is 0 Å². The van der Waals surface area contributed by atoms with E-state index in [1.54, 1.807) is 0 Å². The summed E-state index contributed by atoms with van der Waals surface area (Å²) in [5.74, 6) is 0.419. The summed E-state index contributed by atoms with van der Waals surface area (Å²) in [5.41, 5.74) is 6.29. The van der Waals surface area contributed by atoms with E-state index >= 15 is 0 Å². The highest BCUT2D eigenvalue weighted by atomic mass is 32.2. The molecule has 0 aliphatic heterocycles. The molecule has 1 aromatic rings. The molecule has 0 unspecified atom stereocenters. The zero-order valence-electron chi connectivity index (χ0n) is 19.3. The molecule has 0 atom stereocenters. The van der Waals surface area contributed by atoms with Gasteiger partial charge in [-0.25, -0.2) is 0 Å². The van der Waals surface area contributed by atoms with Gasteiger partial charge in [0, 0.05) is 9.64 Å². The minimum atomic E-state index is 0.132. The van der Waals surface area contributed by atoms with Crippen LogP contribution >= 0.6 is 11.8 Å². The fraction of sp³-hybridized carbons (Fsp3) is 0.538. The topological polar surface area (TPSA) is 20.2 Å². The van der Waals surface area contributed by atoms with E-state index in [9.17, 15) is 5.11 Å². The highest BCUT2D eigenvalue weighted by Crippen LogP contribution is 2.38. The first kappa shape index (κ1) is 24.6. The van der Waals surface area contributed by atoms with Gasteiger partial charge in [-0.2, -0.15) is 0 Å². The number of phenols is 1. The van der Waals surface area contributed by atoms with E-state index in [0.717, 1.165) is 36.8 Å². The number of hydrogen-bond acceptors (Lipinski definition) is 2. The Bertz CT molecular complexity index is 708. The van der Waals surface area contributed by atoms with Gasteiger partial charge in [0.1, 0.15) is 5.75 Å². The van der Waals surface area contributed by atoms with Gasteiger partial charge in [-0.05, 0) is 96.9 Å². The fourth-order valence-corrected chi connectivity index (χ4v) is 4.37. The Balaban J connectivity index is 2.53. The van der Waals surface area contributed by atoms with Crippen molar-refractivity contribution < 1.29 is 5.11 Å². The summed E-state index contributed by atoms with van der Waals surface area (Å²) in [4.78, 5) is 1.23. The highest BCUT2D eigenvalue weighted by molar-refractivity contribution is 8.00. The number of benzene rings is 1. The molecular weight excluding hydrogens is 360 g/mol. The fourth-order valence-electron chi connectivity index (χ4n) is 3.09. The van der Waals surface area contributed by atoms with Gasteiger partial charge in [0.25, 0.3) is 0 Å². The molecule has 0 radical (unpaired) electrons. The average Bonchev–Trinajstić information content (AvgIpc) is 2.57. The molecule has 1 nitrogen and oxygen atoms in total. The maximum atomic E-state index is 9.97. The molecule has 0 heterocycles. The Kier molecular flexibility index (Phi) is 10.2. The number of aromatic hydroxyl groups is 1. The SMILES string of the molecule is CC(C)=CCC/C(C)=C/CC/C(C)=C/CC(C)(C)Sc1cc(C)c(O)c(C)c1. The summed E-state index contributed by atoms with van der Waals surface area (Å²) < 4.78 is 0.132. The number of rotatable bonds is 10. The molecular formula is C26H40OS. The summed E-state index contributed by atoms with van der Waals surface area (Å²) in [6.07, 6.45) is 12.8. The molecule has 2 heteroatoms. The molecule has 1 N–H and O–H groups in total. The van der Waals surface area contributed by atoms with Crippen LogP contribution in [0.4, 0.5) is 0 Å². The smallest absolute Gasteiger partial charge is 0.121 e. The van der Waals surface area contributed by atoms with Crippen LogP contribution in [-0.4, -0.2) is 9.85 Å². The standard InChI is InChI=1S/C26H40OS/c1-19(2)11-9-12-20(3)13-10-14-21(4)15-16-26(7,8)28-24-17-22(5)25(27)23(6)18-24/h11,13,15,17-18,27H,9-10,12,14,16H2,1-8H3/b20-13+,21-15+. The van der Waals surface area contributed by atoms with Gasteiger partial charge in [0.15, 0.2) is 0 Å². The Morgan fingerprint density at radius 3 is 1.93 bits per heavy atom. The summed E-state index contributed by atoms with van der Waals surface area (Å²) in [6, 6.07) is 4.18. The molecule has 0 fully saturated rings. The first-order valence-corrected chi connectivity index (χ1v) is 11.3. The van der Waals surface area contributed by atoms with Crippen molar-refractivity contribution in [1.29, 1.82) is 0 Å². The summed E-state index contributed by atoms with van der Waals surface area (Å²) in [5, 5.41) is 9.97. The normalized spacial score (nSPS) is 13.0. The van der Waals surface area contributed by atoms with E-state index in [2.05, 4.69) is 71.9 Å². The molecule has 0 saturated carbocycles. The molecule has 0 bridgehead atoms. The maximum Gasteiger partial charge on any atom is 0.121 e. The number of thioether (sulfide) groups is 1. The Morgan fingerprint density at radius 2 is 1.39 bits per heavy atom. The van der Waals surface area contributed by atoms with Crippen LogP contribution in [0.5, 0.6) is 5.75 Å². The van der Waals surface area contributed by atoms with Gasteiger partial charge in [-0.1, -0.05) is 48.8 Å². The van der Waals surface area contributed by atoms with Crippen LogP contribution in [0, 0.1) is 13.8 Å². The number of phenolic OH excluding ortho intramolecular Hbond substituents is 1. The second-order valence-electron chi connectivity index (χ2n) is 8.93. The van der Waals surface area contributed by atoms with Crippen molar-refractivity contribution in [3.05, 3.63) is 58.2 Å². The zero-order chi connectivity index (χ0) is 21.3. The van der Waals surface area contributed by atoms with Crippen LogP contribution in [0.3, 0.4) is 0 Å². The molecule has 0 aromatic heterocycles. The predicted molar refractivity (Wildman–Crippen MR) is 128 cm³/mol. The predicted octanol–water partition coefficient (Wildman–Crippen LogP) is 8.69. The molecule has 0 spiro atoms. The van der Waals surface area contributed by atoms with Crippen molar-refractivity contribution >= 4 is 11.8 Å². The van der Waals surface area contributed by atoms with E-state index < -0.39 is 0 Å². The van der Waals surface area contributed by atoms with E-state index in [0.29, 0.717) is 5.75 Å². The third-order valence-corrected chi connectivity index (χ3v) is 6.11. The Morgan fingerprint density at radius 1 is 0.893 bits per heavy atom. The second kappa shape index (κ2) is 11.6. The lowest BCUT2D eigenvalue weighted by Crippen LogP contribution is -2.13. The van der Waals surface area contributed by atoms with Crippen LogP contribution in [0.2, 0.25) is 0 Å². The number of allylic oxidation sites excluding steroid dienone is 6. The Hall–Kier alpha value is -1.41. The van der Waals surface area contributed by atoms with E-state index in [1.165, 1.54) is 28.0 Å². The van der Waals surface area contributed by atoms with Gasteiger partial charge >= 0.3 is 0 Å². The maximum absolute atomic E-state index is 9.97. The Labute approximate surface area is 178 Å². The first-order chi connectivity index (χ1) is 13.0. The van der Waals surface area contributed by atoms with Crippen molar-refractivity contribution in [3.8, 4) is 5.75 Å². The minimum absolute atomic E-state index is 0.132. The van der Waals surface area contributed by atoms with Crippen LogP contribution < -0.4 is 0 Å². The molecule has 1 rings (SSSR count). The largest absolute Gasteiger partial charge is 0.507 e. The average molecular weight is 401 g/mol.